The van der Waals surface area contributed by atoms with Crippen LogP contribution < -0.4 is 14.8 Å². The average molecular weight is 393 g/mol. The highest BCUT2D eigenvalue weighted by Crippen LogP contribution is 2.30. The predicted molar refractivity (Wildman–Crippen MR) is 91.9 cm³/mol. The number of anilines is 1. The number of hydrogen-bond acceptors (Lipinski definition) is 6. The maximum Gasteiger partial charge on any atom is 0.416 e. The third-order valence-electron chi connectivity index (χ3n) is 3.54. The number of nitrogens with zero attached hydrogens (tertiary/aromatic N) is 2. The van der Waals surface area contributed by atoms with Crippen molar-refractivity contribution in [2.24, 2.45) is 0 Å². The van der Waals surface area contributed by atoms with Gasteiger partial charge in [-0.2, -0.15) is 13.2 Å². The van der Waals surface area contributed by atoms with Gasteiger partial charge in [-0.25, -0.2) is 0 Å². The second-order valence-corrected chi connectivity index (χ2v) is 5.50. The summed E-state index contributed by atoms with van der Waals surface area (Å²) < 4.78 is 53.4. The lowest BCUT2D eigenvalue weighted by molar-refractivity contribution is -0.137. The second-order valence-electron chi connectivity index (χ2n) is 5.50. The highest BCUT2D eigenvalue weighted by Gasteiger charge is 2.30. The van der Waals surface area contributed by atoms with Gasteiger partial charge in [-0.05, 0) is 36.4 Å². The minimum Gasteiger partial charge on any atom is -0.497 e. The summed E-state index contributed by atoms with van der Waals surface area (Å²) in [5.74, 6) is 0.435. The van der Waals surface area contributed by atoms with E-state index < -0.39 is 17.6 Å². The molecule has 1 aromatic heterocycles. The Morgan fingerprint density at radius 1 is 1.11 bits per heavy atom. The maximum atomic E-state index is 12.6. The number of alkyl halides is 3. The first-order chi connectivity index (χ1) is 13.3. The standard InChI is InChI=1S/C18H14F3N3O4/c1-26-13-3-2-4-14(9-13)27-10-15(25)22-17-24-23-16(28-17)11-5-7-12(8-6-11)18(19,20)21/h2-9H,10H2,1H3,(H,22,24,25). The molecule has 28 heavy (non-hydrogen) atoms. The highest BCUT2D eigenvalue weighted by atomic mass is 19.4. The maximum absolute atomic E-state index is 12.6. The van der Waals surface area contributed by atoms with E-state index in [9.17, 15) is 18.0 Å². The molecule has 10 heteroatoms. The van der Waals surface area contributed by atoms with Crippen LogP contribution in [0.3, 0.4) is 0 Å². The van der Waals surface area contributed by atoms with Crippen LogP contribution in [0.25, 0.3) is 11.5 Å². The molecule has 1 N–H and O–H groups in total. The van der Waals surface area contributed by atoms with Crippen LogP contribution in [-0.4, -0.2) is 29.8 Å². The van der Waals surface area contributed by atoms with Crippen LogP contribution >= 0.6 is 0 Å². The molecule has 0 aliphatic heterocycles. The molecular weight excluding hydrogens is 379 g/mol. The minimum absolute atomic E-state index is 0.0299. The Morgan fingerprint density at radius 3 is 2.50 bits per heavy atom. The summed E-state index contributed by atoms with van der Waals surface area (Å²) in [5, 5.41) is 9.69. The van der Waals surface area contributed by atoms with Crippen molar-refractivity contribution in [1.29, 1.82) is 0 Å². The smallest absolute Gasteiger partial charge is 0.416 e. The largest absolute Gasteiger partial charge is 0.497 e. The SMILES string of the molecule is COc1cccc(OCC(=O)Nc2nnc(-c3ccc(C(F)(F)F)cc3)o2)c1. The van der Waals surface area contributed by atoms with Crippen LogP contribution in [0, 0.1) is 0 Å². The van der Waals surface area contributed by atoms with E-state index in [0.29, 0.717) is 11.5 Å². The van der Waals surface area contributed by atoms with Gasteiger partial charge in [-0.3, -0.25) is 10.1 Å². The Labute approximate surface area is 157 Å². The van der Waals surface area contributed by atoms with E-state index in [4.69, 9.17) is 13.9 Å². The summed E-state index contributed by atoms with van der Waals surface area (Å²) in [7, 11) is 1.51. The van der Waals surface area contributed by atoms with Crippen LogP contribution in [-0.2, 0) is 11.0 Å². The lowest BCUT2D eigenvalue weighted by Crippen LogP contribution is -2.20. The number of rotatable bonds is 6. The number of aromatic nitrogens is 2. The number of ether oxygens (including phenoxy) is 2. The van der Waals surface area contributed by atoms with Crippen molar-refractivity contribution in [2.45, 2.75) is 6.18 Å². The van der Waals surface area contributed by atoms with E-state index in [0.717, 1.165) is 12.1 Å². The topological polar surface area (TPSA) is 86.5 Å². The molecule has 0 atom stereocenters. The Balaban J connectivity index is 1.58. The van der Waals surface area contributed by atoms with Gasteiger partial charge < -0.3 is 13.9 Å². The molecule has 0 unspecified atom stereocenters. The van der Waals surface area contributed by atoms with E-state index in [2.05, 4.69) is 15.5 Å². The third-order valence-corrected chi connectivity index (χ3v) is 3.54. The number of methoxy groups -OCH3 is 1. The molecule has 0 spiro atoms. The van der Waals surface area contributed by atoms with Gasteiger partial charge >= 0.3 is 12.2 Å². The Hall–Kier alpha value is -3.56. The Bertz CT molecular complexity index is 955. The van der Waals surface area contributed by atoms with Crippen LogP contribution in [0.5, 0.6) is 11.5 Å². The van der Waals surface area contributed by atoms with Crippen LogP contribution in [0.4, 0.5) is 19.2 Å². The van der Waals surface area contributed by atoms with Crippen LogP contribution in [0.2, 0.25) is 0 Å². The molecule has 1 heterocycles. The molecule has 0 aliphatic carbocycles. The summed E-state index contributed by atoms with van der Waals surface area (Å²) in [4.78, 5) is 11.9. The monoisotopic (exact) mass is 393 g/mol. The van der Waals surface area contributed by atoms with Gasteiger partial charge in [-0.1, -0.05) is 11.2 Å². The van der Waals surface area contributed by atoms with Gasteiger partial charge in [0.05, 0.1) is 12.7 Å². The van der Waals surface area contributed by atoms with Crippen molar-refractivity contribution in [3.05, 3.63) is 54.1 Å². The number of halogens is 3. The molecule has 2 aromatic carbocycles. The van der Waals surface area contributed by atoms with Crippen LogP contribution in [0.15, 0.2) is 52.9 Å². The molecular formula is C18H14F3N3O4. The first kappa shape index (κ1) is 19.2. The third kappa shape index (κ3) is 4.78. The molecule has 0 saturated carbocycles. The summed E-state index contributed by atoms with van der Waals surface area (Å²) in [6, 6.07) is 10.7. The lowest BCUT2D eigenvalue weighted by atomic mass is 10.1. The zero-order valence-corrected chi connectivity index (χ0v) is 14.5. The summed E-state index contributed by atoms with van der Waals surface area (Å²) >= 11 is 0. The zero-order chi connectivity index (χ0) is 20.1. The van der Waals surface area contributed by atoms with Gasteiger partial charge in [0.2, 0.25) is 5.89 Å². The van der Waals surface area contributed by atoms with Crippen molar-refractivity contribution < 1.29 is 31.9 Å². The molecule has 1 amide bonds. The fraction of sp³-hybridized carbons (Fsp3) is 0.167. The average Bonchev–Trinajstić information content (AvgIpc) is 3.14. The van der Waals surface area contributed by atoms with Crippen molar-refractivity contribution in [1.82, 2.24) is 10.2 Å². The van der Waals surface area contributed by atoms with E-state index in [1.807, 2.05) is 0 Å². The summed E-state index contributed by atoms with van der Waals surface area (Å²) in [6.07, 6.45) is -4.44. The number of carbonyl (C=O) groups is 1. The van der Waals surface area contributed by atoms with Gasteiger partial charge in [0.1, 0.15) is 11.5 Å². The van der Waals surface area contributed by atoms with Gasteiger partial charge in [0, 0.05) is 11.6 Å². The Morgan fingerprint density at radius 2 is 1.82 bits per heavy atom. The van der Waals surface area contributed by atoms with Crippen LogP contribution in [0.1, 0.15) is 5.56 Å². The first-order valence-corrected chi connectivity index (χ1v) is 7.93. The molecule has 3 rings (SSSR count). The van der Waals surface area contributed by atoms with Crippen molar-refractivity contribution in [2.75, 3.05) is 19.0 Å². The molecule has 0 saturated heterocycles. The fourth-order valence-corrected chi connectivity index (χ4v) is 2.19. The van der Waals surface area contributed by atoms with E-state index >= 15 is 0 Å². The van der Waals surface area contributed by atoms with Gasteiger partial charge in [0.25, 0.3) is 5.91 Å². The molecule has 146 valence electrons. The van der Waals surface area contributed by atoms with E-state index in [1.54, 1.807) is 24.3 Å². The van der Waals surface area contributed by atoms with Crippen molar-refractivity contribution >= 4 is 11.9 Å². The number of carbonyl (C=O) groups excluding carboxylic acids is 1. The lowest BCUT2D eigenvalue weighted by Gasteiger charge is -2.07. The number of hydrogen-bond donors (Lipinski definition) is 1. The van der Waals surface area contributed by atoms with Crippen molar-refractivity contribution in [3.8, 4) is 23.0 Å². The quantitative estimate of drug-likeness (QED) is 0.686. The van der Waals surface area contributed by atoms with Gasteiger partial charge in [-0.15, -0.1) is 5.10 Å². The summed E-state index contributed by atoms with van der Waals surface area (Å²) in [5.41, 5.74) is -0.507. The molecule has 7 nitrogen and oxygen atoms in total. The number of benzene rings is 2. The minimum atomic E-state index is -4.44. The second kappa shape index (κ2) is 7.99. The molecule has 0 radical (unpaired) electrons. The predicted octanol–water partition coefficient (Wildman–Crippen LogP) is 3.78. The fourth-order valence-electron chi connectivity index (χ4n) is 2.19. The van der Waals surface area contributed by atoms with E-state index in [1.165, 1.54) is 19.2 Å². The number of amides is 1. The number of nitrogens with one attached hydrogen (secondary N) is 1. The highest BCUT2D eigenvalue weighted by molar-refractivity contribution is 5.89. The Kier molecular flexibility index (Phi) is 5.48. The molecule has 0 bridgehead atoms. The zero-order valence-electron chi connectivity index (χ0n) is 14.5. The summed E-state index contributed by atoms with van der Waals surface area (Å²) in [6.45, 7) is -0.314. The molecule has 0 fully saturated rings. The normalized spacial score (nSPS) is 11.1. The molecule has 3 aromatic rings. The van der Waals surface area contributed by atoms with Crippen molar-refractivity contribution in [3.63, 3.8) is 0 Å². The van der Waals surface area contributed by atoms with E-state index in [-0.39, 0.29) is 24.1 Å². The van der Waals surface area contributed by atoms with Gasteiger partial charge in [0.15, 0.2) is 6.61 Å². The first-order valence-electron chi connectivity index (χ1n) is 7.93. The molecule has 0 aliphatic rings.